The van der Waals surface area contributed by atoms with Gasteiger partial charge in [0.25, 0.3) is 0 Å². The highest BCUT2D eigenvalue weighted by molar-refractivity contribution is 5.73. The van der Waals surface area contributed by atoms with Gasteiger partial charge in [-0.1, -0.05) is 0 Å². The van der Waals surface area contributed by atoms with E-state index in [1.165, 1.54) is 0 Å². The molecule has 1 atom stereocenters. The van der Waals surface area contributed by atoms with Gasteiger partial charge < -0.3 is 10.1 Å². The maximum Gasteiger partial charge on any atom is 0.217 e. The van der Waals surface area contributed by atoms with Crippen LogP contribution in [-0.2, 0) is 16.1 Å². The molecule has 0 bridgehead atoms. The summed E-state index contributed by atoms with van der Waals surface area (Å²) >= 11 is 0. The SMILES string of the molecule is CC(=O)NC1CCN(Cc2ccnc(C3CCCO3)n2)CC1. The van der Waals surface area contributed by atoms with E-state index in [2.05, 4.69) is 20.2 Å². The van der Waals surface area contributed by atoms with Crippen LogP contribution in [0.3, 0.4) is 0 Å². The minimum atomic E-state index is 0.0652. The van der Waals surface area contributed by atoms with Crippen LogP contribution in [0.15, 0.2) is 12.3 Å². The summed E-state index contributed by atoms with van der Waals surface area (Å²) < 4.78 is 5.66. The van der Waals surface area contributed by atoms with E-state index in [0.717, 1.165) is 63.4 Å². The average molecular weight is 304 g/mol. The van der Waals surface area contributed by atoms with Gasteiger partial charge in [0.1, 0.15) is 6.10 Å². The van der Waals surface area contributed by atoms with Crippen molar-refractivity contribution in [2.75, 3.05) is 19.7 Å². The van der Waals surface area contributed by atoms with E-state index >= 15 is 0 Å². The summed E-state index contributed by atoms with van der Waals surface area (Å²) in [6.45, 7) is 5.22. The fraction of sp³-hybridized carbons (Fsp3) is 0.688. The van der Waals surface area contributed by atoms with Crippen LogP contribution in [0.25, 0.3) is 0 Å². The zero-order valence-electron chi connectivity index (χ0n) is 13.1. The van der Waals surface area contributed by atoms with Crippen LogP contribution >= 0.6 is 0 Å². The molecule has 1 amide bonds. The second kappa shape index (κ2) is 7.15. The molecule has 1 aromatic heterocycles. The second-order valence-corrected chi connectivity index (χ2v) is 6.16. The molecule has 1 unspecified atom stereocenters. The summed E-state index contributed by atoms with van der Waals surface area (Å²) in [6, 6.07) is 2.31. The number of hydrogen-bond donors (Lipinski definition) is 1. The minimum absolute atomic E-state index is 0.0652. The monoisotopic (exact) mass is 304 g/mol. The maximum absolute atomic E-state index is 11.1. The maximum atomic E-state index is 11.1. The van der Waals surface area contributed by atoms with E-state index in [1.807, 2.05) is 12.3 Å². The Morgan fingerprint density at radius 2 is 2.23 bits per heavy atom. The highest BCUT2D eigenvalue weighted by Crippen LogP contribution is 2.25. The number of piperidine rings is 1. The molecule has 0 saturated carbocycles. The van der Waals surface area contributed by atoms with Crippen LogP contribution in [0.2, 0.25) is 0 Å². The topological polar surface area (TPSA) is 67.4 Å². The fourth-order valence-corrected chi connectivity index (χ4v) is 3.19. The number of likely N-dealkylation sites (tertiary alicyclic amines) is 1. The van der Waals surface area contributed by atoms with Crippen LogP contribution in [0.4, 0.5) is 0 Å². The Bertz CT molecular complexity index is 509. The summed E-state index contributed by atoms with van der Waals surface area (Å²) in [4.78, 5) is 22.5. The third kappa shape index (κ3) is 4.01. The molecule has 120 valence electrons. The normalized spacial score (nSPS) is 23.6. The van der Waals surface area contributed by atoms with Gasteiger partial charge in [-0.25, -0.2) is 9.97 Å². The van der Waals surface area contributed by atoms with Crippen molar-refractivity contribution in [3.05, 3.63) is 23.8 Å². The highest BCUT2D eigenvalue weighted by atomic mass is 16.5. The lowest BCUT2D eigenvalue weighted by molar-refractivity contribution is -0.119. The smallest absolute Gasteiger partial charge is 0.217 e. The second-order valence-electron chi connectivity index (χ2n) is 6.16. The number of ether oxygens (including phenoxy) is 1. The highest BCUT2D eigenvalue weighted by Gasteiger charge is 2.22. The molecular weight excluding hydrogens is 280 g/mol. The molecule has 6 nitrogen and oxygen atoms in total. The largest absolute Gasteiger partial charge is 0.370 e. The molecule has 0 radical (unpaired) electrons. The van der Waals surface area contributed by atoms with Gasteiger partial charge in [0.15, 0.2) is 5.82 Å². The Morgan fingerprint density at radius 3 is 2.91 bits per heavy atom. The van der Waals surface area contributed by atoms with Crippen molar-refractivity contribution in [3.8, 4) is 0 Å². The zero-order chi connectivity index (χ0) is 15.4. The third-order valence-corrected chi connectivity index (χ3v) is 4.33. The summed E-state index contributed by atoms with van der Waals surface area (Å²) in [5, 5.41) is 3.00. The first-order valence-corrected chi connectivity index (χ1v) is 8.13. The van der Waals surface area contributed by atoms with Crippen molar-refractivity contribution in [2.45, 2.75) is 51.3 Å². The number of carbonyl (C=O) groups is 1. The lowest BCUT2D eigenvalue weighted by Crippen LogP contribution is -2.43. The van der Waals surface area contributed by atoms with Gasteiger partial charge in [0, 0.05) is 45.4 Å². The van der Waals surface area contributed by atoms with Gasteiger partial charge >= 0.3 is 0 Å². The van der Waals surface area contributed by atoms with Crippen LogP contribution in [0.5, 0.6) is 0 Å². The van der Waals surface area contributed by atoms with Gasteiger partial charge in [-0.05, 0) is 31.7 Å². The molecule has 2 aliphatic rings. The molecule has 22 heavy (non-hydrogen) atoms. The summed E-state index contributed by atoms with van der Waals surface area (Å²) in [6.07, 6.45) is 6.03. The number of aromatic nitrogens is 2. The van der Waals surface area contributed by atoms with Crippen molar-refractivity contribution in [1.29, 1.82) is 0 Å². The lowest BCUT2D eigenvalue weighted by atomic mass is 10.0. The number of rotatable bonds is 4. The lowest BCUT2D eigenvalue weighted by Gasteiger charge is -2.31. The van der Waals surface area contributed by atoms with E-state index in [1.54, 1.807) is 6.92 Å². The molecule has 0 spiro atoms. The van der Waals surface area contributed by atoms with E-state index < -0.39 is 0 Å². The van der Waals surface area contributed by atoms with Gasteiger partial charge in [-0.2, -0.15) is 0 Å². The van der Waals surface area contributed by atoms with Crippen molar-refractivity contribution in [3.63, 3.8) is 0 Å². The number of nitrogens with zero attached hydrogens (tertiary/aromatic N) is 3. The van der Waals surface area contributed by atoms with Crippen LogP contribution in [-0.4, -0.2) is 46.5 Å². The average Bonchev–Trinajstić information content (AvgIpc) is 3.03. The molecule has 2 saturated heterocycles. The van der Waals surface area contributed by atoms with E-state index in [9.17, 15) is 4.79 Å². The van der Waals surface area contributed by atoms with Crippen molar-refractivity contribution >= 4 is 5.91 Å². The van der Waals surface area contributed by atoms with Crippen LogP contribution in [0, 0.1) is 0 Å². The van der Waals surface area contributed by atoms with Gasteiger partial charge in [0.2, 0.25) is 5.91 Å². The van der Waals surface area contributed by atoms with E-state index in [4.69, 9.17) is 4.74 Å². The summed E-state index contributed by atoms with van der Waals surface area (Å²) in [7, 11) is 0. The van der Waals surface area contributed by atoms with Crippen LogP contribution in [0.1, 0.15) is 50.2 Å². The Hall–Kier alpha value is -1.53. The molecule has 2 fully saturated rings. The molecule has 0 aromatic carbocycles. The predicted molar refractivity (Wildman–Crippen MR) is 82.1 cm³/mol. The van der Waals surface area contributed by atoms with Crippen molar-refractivity contribution in [1.82, 2.24) is 20.2 Å². The molecule has 0 aliphatic carbocycles. The number of carbonyl (C=O) groups excluding carboxylic acids is 1. The Labute approximate surface area is 131 Å². The Kier molecular flexibility index (Phi) is 5.00. The first-order chi connectivity index (χ1) is 10.7. The van der Waals surface area contributed by atoms with E-state index in [-0.39, 0.29) is 12.0 Å². The molecule has 2 aliphatic heterocycles. The quantitative estimate of drug-likeness (QED) is 0.911. The van der Waals surface area contributed by atoms with Gasteiger partial charge in [0.05, 0.1) is 5.69 Å². The first kappa shape index (κ1) is 15.4. The van der Waals surface area contributed by atoms with Gasteiger partial charge in [-0.3, -0.25) is 9.69 Å². The summed E-state index contributed by atoms with van der Waals surface area (Å²) in [5.41, 5.74) is 1.05. The third-order valence-electron chi connectivity index (χ3n) is 4.33. The first-order valence-electron chi connectivity index (χ1n) is 8.13. The molecule has 3 heterocycles. The standard InChI is InChI=1S/C16H24N4O2/c1-12(21)18-13-5-8-20(9-6-13)11-14-4-7-17-16(19-14)15-3-2-10-22-15/h4,7,13,15H,2-3,5-6,8-11H2,1H3,(H,18,21). The minimum Gasteiger partial charge on any atom is -0.370 e. The number of hydrogen-bond acceptors (Lipinski definition) is 5. The molecule has 1 aromatic rings. The van der Waals surface area contributed by atoms with E-state index in [0.29, 0.717) is 6.04 Å². The van der Waals surface area contributed by atoms with Crippen molar-refractivity contribution in [2.24, 2.45) is 0 Å². The number of amides is 1. The predicted octanol–water partition coefficient (Wildman–Crippen LogP) is 1.43. The molecule has 1 N–H and O–H groups in total. The molecule has 6 heteroatoms. The van der Waals surface area contributed by atoms with Crippen LogP contribution < -0.4 is 5.32 Å². The van der Waals surface area contributed by atoms with Crippen molar-refractivity contribution < 1.29 is 9.53 Å². The molecule has 3 rings (SSSR count). The Morgan fingerprint density at radius 1 is 1.41 bits per heavy atom. The Balaban J connectivity index is 1.53. The molecular formula is C16H24N4O2. The number of nitrogens with one attached hydrogen (secondary N) is 1. The zero-order valence-corrected chi connectivity index (χ0v) is 13.1. The fourth-order valence-electron chi connectivity index (χ4n) is 3.19. The summed E-state index contributed by atoms with van der Waals surface area (Å²) in [5.74, 6) is 0.888. The van der Waals surface area contributed by atoms with Gasteiger partial charge in [-0.15, -0.1) is 0 Å².